The number of aromatic hydroxyl groups is 1. The van der Waals surface area contributed by atoms with Gasteiger partial charge in [-0.15, -0.1) is 0 Å². The Morgan fingerprint density at radius 3 is 2.34 bits per heavy atom. The minimum atomic E-state index is -0.252. The fourth-order valence-electron chi connectivity index (χ4n) is 4.24. The maximum Gasteiger partial charge on any atom is 0.225 e. The third kappa shape index (κ3) is 4.04. The van der Waals surface area contributed by atoms with Gasteiger partial charge in [-0.1, -0.05) is 31.2 Å². The van der Waals surface area contributed by atoms with Crippen molar-refractivity contribution in [3.63, 3.8) is 0 Å². The number of benzene rings is 2. The third-order valence-corrected chi connectivity index (χ3v) is 5.66. The average molecular weight is 391 g/mol. The highest BCUT2D eigenvalue weighted by atomic mass is 16.5. The molecule has 0 radical (unpaired) electrons. The van der Waals surface area contributed by atoms with Crippen LogP contribution in [0.4, 0.5) is 0 Å². The van der Waals surface area contributed by atoms with Gasteiger partial charge in [-0.2, -0.15) is 0 Å². The van der Waals surface area contributed by atoms with Crippen LogP contribution in [0.25, 0.3) is 0 Å². The van der Waals surface area contributed by atoms with E-state index in [9.17, 15) is 14.7 Å². The molecule has 0 spiro atoms. The molecule has 2 aromatic carbocycles. The van der Waals surface area contributed by atoms with Crippen LogP contribution in [0.2, 0.25) is 0 Å². The number of allylic oxidation sites excluding steroid dienone is 2. The molecule has 0 saturated heterocycles. The van der Waals surface area contributed by atoms with Gasteiger partial charge in [0.15, 0.2) is 5.78 Å². The number of carbonyl (C=O) groups is 2. The summed E-state index contributed by atoms with van der Waals surface area (Å²) in [5.74, 6) is 0.804. The predicted molar refractivity (Wildman–Crippen MR) is 110 cm³/mol. The van der Waals surface area contributed by atoms with Crippen LogP contribution >= 0.6 is 0 Å². The predicted octanol–water partition coefficient (Wildman–Crippen LogP) is 4.19. The van der Waals surface area contributed by atoms with Gasteiger partial charge in [-0.05, 0) is 54.2 Å². The molecule has 5 heteroatoms. The number of ketones is 1. The number of amides is 1. The molecular formula is C24H25NO4. The summed E-state index contributed by atoms with van der Waals surface area (Å²) in [5, 5.41) is 12.5. The quantitative estimate of drug-likeness (QED) is 0.802. The van der Waals surface area contributed by atoms with Gasteiger partial charge < -0.3 is 15.2 Å². The van der Waals surface area contributed by atoms with E-state index < -0.39 is 0 Å². The first-order valence-electron chi connectivity index (χ1n) is 10.1. The van der Waals surface area contributed by atoms with Crippen molar-refractivity contribution in [2.24, 2.45) is 0 Å². The molecule has 2 aromatic rings. The largest absolute Gasteiger partial charge is 0.508 e. The molecule has 1 aliphatic carbocycles. The van der Waals surface area contributed by atoms with Gasteiger partial charge in [-0.25, -0.2) is 0 Å². The van der Waals surface area contributed by atoms with Crippen LogP contribution in [0.3, 0.4) is 0 Å². The van der Waals surface area contributed by atoms with Crippen LogP contribution in [0, 0.1) is 0 Å². The first kappa shape index (κ1) is 19.2. The Bertz CT molecular complexity index is 944. The van der Waals surface area contributed by atoms with Gasteiger partial charge in [0.2, 0.25) is 5.91 Å². The van der Waals surface area contributed by atoms with Crippen molar-refractivity contribution < 1.29 is 19.4 Å². The first-order chi connectivity index (χ1) is 14.0. The molecule has 2 unspecified atom stereocenters. The van der Waals surface area contributed by atoms with Crippen LogP contribution in [0.15, 0.2) is 59.8 Å². The number of ether oxygens (including phenoxy) is 1. The van der Waals surface area contributed by atoms with E-state index in [2.05, 4.69) is 12.2 Å². The second-order valence-electron chi connectivity index (χ2n) is 7.73. The maximum absolute atomic E-state index is 13.1. The van der Waals surface area contributed by atoms with E-state index in [-0.39, 0.29) is 35.7 Å². The molecule has 150 valence electrons. The van der Waals surface area contributed by atoms with Gasteiger partial charge in [0, 0.05) is 30.0 Å². The molecular weight excluding hydrogens is 366 g/mol. The second-order valence-corrected chi connectivity index (χ2v) is 7.73. The molecule has 1 amide bonds. The lowest BCUT2D eigenvalue weighted by Crippen LogP contribution is -2.38. The molecule has 0 fully saturated rings. The molecule has 4 rings (SSSR count). The molecule has 29 heavy (non-hydrogen) atoms. The van der Waals surface area contributed by atoms with Crippen LogP contribution in [-0.4, -0.2) is 23.4 Å². The monoisotopic (exact) mass is 391 g/mol. The normalized spacial score (nSPS) is 21.6. The summed E-state index contributed by atoms with van der Waals surface area (Å²) in [4.78, 5) is 25.4. The molecule has 1 heterocycles. The van der Waals surface area contributed by atoms with Gasteiger partial charge in [0.1, 0.15) is 11.5 Å². The van der Waals surface area contributed by atoms with Crippen LogP contribution in [0.5, 0.6) is 11.5 Å². The molecule has 0 saturated carbocycles. The number of rotatable bonds is 5. The molecule has 2 N–H and O–H groups in total. The lowest BCUT2D eigenvalue weighted by atomic mass is 9.73. The summed E-state index contributed by atoms with van der Waals surface area (Å²) >= 11 is 0. The first-order valence-corrected chi connectivity index (χ1v) is 10.1. The van der Waals surface area contributed by atoms with E-state index in [0.29, 0.717) is 19.4 Å². The Morgan fingerprint density at radius 2 is 1.66 bits per heavy atom. The zero-order valence-corrected chi connectivity index (χ0v) is 16.5. The Hall–Kier alpha value is -3.08. The fourth-order valence-corrected chi connectivity index (χ4v) is 4.24. The SMILES string of the molecule is CCCOc1ccc(C2CC(=O)C3=C(C2)NC(=O)CC3c2ccc(O)cc2)cc1. The maximum atomic E-state index is 13.1. The molecule has 2 aliphatic rings. The standard InChI is InChI=1S/C24H25NO4/c1-2-11-29-19-9-5-15(6-10-19)17-12-21-24(22(27)13-17)20(14-23(28)25-21)16-3-7-18(26)8-4-16/h3-10,17,20,26H,2,11-14H2,1H3,(H,25,28). The van der Waals surface area contributed by atoms with Crippen molar-refractivity contribution in [3.8, 4) is 11.5 Å². The Labute approximate surface area is 170 Å². The number of phenols is 1. The van der Waals surface area contributed by atoms with E-state index in [0.717, 1.165) is 34.6 Å². The van der Waals surface area contributed by atoms with Crippen LogP contribution in [0.1, 0.15) is 55.6 Å². The van der Waals surface area contributed by atoms with Crippen molar-refractivity contribution in [2.45, 2.75) is 44.4 Å². The third-order valence-electron chi connectivity index (χ3n) is 5.66. The van der Waals surface area contributed by atoms with E-state index >= 15 is 0 Å². The van der Waals surface area contributed by atoms with Crippen molar-refractivity contribution in [3.05, 3.63) is 70.9 Å². The van der Waals surface area contributed by atoms with E-state index in [1.54, 1.807) is 24.3 Å². The van der Waals surface area contributed by atoms with Gasteiger partial charge >= 0.3 is 0 Å². The Kier molecular flexibility index (Phi) is 5.38. The minimum absolute atomic E-state index is 0.0420. The zero-order valence-electron chi connectivity index (χ0n) is 16.5. The molecule has 2 atom stereocenters. The Morgan fingerprint density at radius 1 is 0.966 bits per heavy atom. The number of hydrogen-bond donors (Lipinski definition) is 2. The number of nitrogens with one attached hydrogen (secondary N) is 1. The highest BCUT2D eigenvalue weighted by Crippen LogP contribution is 2.42. The number of hydrogen-bond acceptors (Lipinski definition) is 4. The van der Waals surface area contributed by atoms with Gasteiger partial charge in [0.05, 0.1) is 6.61 Å². The summed E-state index contributed by atoms with van der Waals surface area (Å²) in [7, 11) is 0. The summed E-state index contributed by atoms with van der Waals surface area (Å²) in [6.45, 7) is 2.75. The second kappa shape index (κ2) is 8.11. The van der Waals surface area contributed by atoms with E-state index in [1.165, 1.54) is 0 Å². The van der Waals surface area contributed by atoms with Gasteiger partial charge in [0.25, 0.3) is 0 Å². The number of phenolic OH excluding ortho intramolecular Hbond substituents is 1. The van der Waals surface area contributed by atoms with Crippen LogP contribution < -0.4 is 10.1 Å². The molecule has 1 aliphatic heterocycles. The van der Waals surface area contributed by atoms with E-state index in [4.69, 9.17) is 4.74 Å². The lowest BCUT2D eigenvalue weighted by molar-refractivity contribution is -0.122. The number of Topliss-reactive ketones (excluding diaryl/α,β-unsaturated/α-hetero) is 1. The zero-order chi connectivity index (χ0) is 20.4. The van der Waals surface area contributed by atoms with Gasteiger partial charge in [-0.3, -0.25) is 9.59 Å². The highest BCUT2D eigenvalue weighted by Gasteiger charge is 2.38. The summed E-state index contributed by atoms with van der Waals surface area (Å²) in [6, 6.07) is 14.7. The van der Waals surface area contributed by atoms with Crippen molar-refractivity contribution in [1.82, 2.24) is 5.32 Å². The minimum Gasteiger partial charge on any atom is -0.508 e. The Balaban J connectivity index is 1.60. The smallest absolute Gasteiger partial charge is 0.225 e. The topological polar surface area (TPSA) is 75.6 Å². The highest BCUT2D eigenvalue weighted by molar-refractivity contribution is 6.02. The number of carbonyl (C=O) groups excluding carboxylic acids is 2. The summed E-state index contributed by atoms with van der Waals surface area (Å²) in [6.07, 6.45) is 2.27. The lowest BCUT2D eigenvalue weighted by Gasteiger charge is -2.34. The summed E-state index contributed by atoms with van der Waals surface area (Å²) in [5.41, 5.74) is 3.42. The van der Waals surface area contributed by atoms with Crippen molar-refractivity contribution in [2.75, 3.05) is 6.61 Å². The van der Waals surface area contributed by atoms with E-state index in [1.807, 2.05) is 24.3 Å². The van der Waals surface area contributed by atoms with Crippen molar-refractivity contribution >= 4 is 11.7 Å². The average Bonchev–Trinajstić information content (AvgIpc) is 2.72. The molecule has 0 bridgehead atoms. The molecule has 5 nitrogen and oxygen atoms in total. The molecule has 0 aromatic heterocycles. The summed E-state index contributed by atoms with van der Waals surface area (Å²) < 4.78 is 5.64. The fraction of sp³-hybridized carbons (Fsp3) is 0.333. The van der Waals surface area contributed by atoms with Crippen molar-refractivity contribution in [1.29, 1.82) is 0 Å². The van der Waals surface area contributed by atoms with Crippen LogP contribution in [-0.2, 0) is 9.59 Å².